The van der Waals surface area contributed by atoms with Crippen molar-refractivity contribution in [1.29, 1.82) is 0 Å². The topological polar surface area (TPSA) is 44.5 Å². The first kappa shape index (κ1) is 15.1. The van der Waals surface area contributed by atoms with Gasteiger partial charge in [-0.05, 0) is 32.4 Å². The van der Waals surface area contributed by atoms with Gasteiger partial charge in [0.25, 0.3) is 0 Å². The standard InChI is InChI=1S/C14H22ClNO2/c1-4-5-10(2)18-14-11(6-7-16)8-12(15)9-13(14)17-3/h8-10H,4-7,16H2,1-3H3. The van der Waals surface area contributed by atoms with E-state index in [1.54, 1.807) is 13.2 Å². The van der Waals surface area contributed by atoms with Crippen LogP contribution in [0.15, 0.2) is 12.1 Å². The quantitative estimate of drug-likeness (QED) is 0.826. The molecule has 0 radical (unpaired) electrons. The van der Waals surface area contributed by atoms with E-state index in [4.69, 9.17) is 26.8 Å². The summed E-state index contributed by atoms with van der Waals surface area (Å²) in [5.41, 5.74) is 6.63. The van der Waals surface area contributed by atoms with Gasteiger partial charge in [0.15, 0.2) is 11.5 Å². The second-order valence-corrected chi connectivity index (χ2v) is 4.79. The molecule has 102 valence electrons. The second kappa shape index (κ2) is 7.49. The summed E-state index contributed by atoms with van der Waals surface area (Å²) in [6.45, 7) is 4.76. The third-order valence-electron chi connectivity index (χ3n) is 2.74. The van der Waals surface area contributed by atoms with Crippen molar-refractivity contribution in [3.63, 3.8) is 0 Å². The number of hydrogen-bond acceptors (Lipinski definition) is 3. The van der Waals surface area contributed by atoms with E-state index in [2.05, 4.69) is 13.8 Å². The highest BCUT2D eigenvalue weighted by Gasteiger charge is 2.15. The Labute approximate surface area is 114 Å². The lowest BCUT2D eigenvalue weighted by molar-refractivity contribution is 0.199. The van der Waals surface area contributed by atoms with Crippen molar-refractivity contribution in [2.45, 2.75) is 39.2 Å². The minimum Gasteiger partial charge on any atom is -0.493 e. The average molecular weight is 272 g/mol. The van der Waals surface area contributed by atoms with E-state index in [0.29, 0.717) is 17.3 Å². The molecule has 0 saturated heterocycles. The van der Waals surface area contributed by atoms with Crippen molar-refractivity contribution in [1.82, 2.24) is 0 Å². The van der Waals surface area contributed by atoms with Crippen LogP contribution in [0.4, 0.5) is 0 Å². The van der Waals surface area contributed by atoms with Crippen LogP contribution in [0.2, 0.25) is 5.02 Å². The second-order valence-electron chi connectivity index (χ2n) is 4.35. The zero-order valence-electron chi connectivity index (χ0n) is 11.3. The van der Waals surface area contributed by atoms with E-state index in [1.165, 1.54) is 0 Å². The van der Waals surface area contributed by atoms with Crippen molar-refractivity contribution in [2.75, 3.05) is 13.7 Å². The van der Waals surface area contributed by atoms with E-state index in [-0.39, 0.29) is 6.10 Å². The first-order valence-electron chi connectivity index (χ1n) is 6.35. The number of rotatable bonds is 7. The van der Waals surface area contributed by atoms with E-state index in [0.717, 1.165) is 30.6 Å². The van der Waals surface area contributed by atoms with Crippen LogP contribution in [-0.2, 0) is 6.42 Å². The molecule has 0 heterocycles. The fourth-order valence-electron chi connectivity index (χ4n) is 1.92. The van der Waals surface area contributed by atoms with Gasteiger partial charge in [0.2, 0.25) is 0 Å². The number of halogens is 1. The lowest BCUT2D eigenvalue weighted by atomic mass is 10.1. The summed E-state index contributed by atoms with van der Waals surface area (Å²) in [6, 6.07) is 3.67. The van der Waals surface area contributed by atoms with E-state index >= 15 is 0 Å². The van der Waals surface area contributed by atoms with Crippen LogP contribution in [0.3, 0.4) is 0 Å². The third kappa shape index (κ3) is 4.07. The van der Waals surface area contributed by atoms with Gasteiger partial charge in [0.1, 0.15) is 0 Å². The zero-order valence-corrected chi connectivity index (χ0v) is 12.1. The maximum Gasteiger partial charge on any atom is 0.164 e. The molecule has 0 amide bonds. The van der Waals surface area contributed by atoms with Gasteiger partial charge in [-0.1, -0.05) is 24.9 Å². The van der Waals surface area contributed by atoms with Gasteiger partial charge in [-0.15, -0.1) is 0 Å². The van der Waals surface area contributed by atoms with Gasteiger partial charge in [-0.25, -0.2) is 0 Å². The van der Waals surface area contributed by atoms with Crippen molar-refractivity contribution < 1.29 is 9.47 Å². The molecule has 4 heteroatoms. The molecule has 3 nitrogen and oxygen atoms in total. The van der Waals surface area contributed by atoms with E-state index in [1.807, 2.05) is 6.07 Å². The molecular formula is C14H22ClNO2. The number of hydrogen-bond donors (Lipinski definition) is 1. The van der Waals surface area contributed by atoms with Gasteiger partial charge < -0.3 is 15.2 Å². The molecule has 1 aromatic rings. The Morgan fingerprint density at radius 3 is 2.67 bits per heavy atom. The van der Waals surface area contributed by atoms with Crippen molar-refractivity contribution >= 4 is 11.6 Å². The number of ether oxygens (including phenoxy) is 2. The van der Waals surface area contributed by atoms with Crippen LogP contribution in [0.1, 0.15) is 32.3 Å². The fourth-order valence-corrected chi connectivity index (χ4v) is 2.15. The van der Waals surface area contributed by atoms with Crippen LogP contribution in [0.25, 0.3) is 0 Å². The molecule has 0 spiro atoms. The summed E-state index contributed by atoms with van der Waals surface area (Å²) in [4.78, 5) is 0. The first-order chi connectivity index (χ1) is 8.62. The molecule has 18 heavy (non-hydrogen) atoms. The van der Waals surface area contributed by atoms with Gasteiger partial charge in [-0.2, -0.15) is 0 Å². The zero-order chi connectivity index (χ0) is 13.5. The molecule has 2 N–H and O–H groups in total. The van der Waals surface area contributed by atoms with Crippen LogP contribution >= 0.6 is 11.6 Å². The molecule has 0 bridgehead atoms. The summed E-state index contributed by atoms with van der Waals surface area (Å²) in [5, 5.41) is 0.644. The Balaban J connectivity index is 3.04. The van der Waals surface area contributed by atoms with E-state index < -0.39 is 0 Å². The van der Waals surface area contributed by atoms with Crippen LogP contribution < -0.4 is 15.2 Å². The highest BCUT2D eigenvalue weighted by molar-refractivity contribution is 6.30. The van der Waals surface area contributed by atoms with Crippen molar-refractivity contribution in [3.05, 3.63) is 22.7 Å². The molecule has 0 aromatic heterocycles. The SMILES string of the molecule is CCCC(C)Oc1c(CCN)cc(Cl)cc1OC. The Bertz CT molecular complexity index is 382. The summed E-state index contributed by atoms with van der Waals surface area (Å²) in [5.74, 6) is 1.45. The summed E-state index contributed by atoms with van der Waals surface area (Å²) >= 11 is 6.06. The van der Waals surface area contributed by atoms with Gasteiger partial charge >= 0.3 is 0 Å². The smallest absolute Gasteiger partial charge is 0.164 e. The maximum atomic E-state index is 6.06. The number of methoxy groups -OCH3 is 1. The lowest BCUT2D eigenvalue weighted by Gasteiger charge is -2.19. The number of benzene rings is 1. The molecule has 1 rings (SSSR count). The number of nitrogens with two attached hydrogens (primary N) is 1. The largest absolute Gasteiger partial charge is 0.493 e. The molecule has 1 aromatic carbocycles. The highest BCUT2D eigenvalue weighted by atomic mass is 35.5. The Hall–Kier alpha value is -0.930. The highest BCUT2D eigenvalue weighted by Crippen LogP contribution is 2.36. The Morgan fingerprint density at radius 1 is 1.39 bits per heavy atom. The molecule has 0 saturated carbocycles. The summed E-state index contributed by atoms with van der Waals surface area (Å²) in [7, 11) is 1.62. The lowest BCUT2D eigenvalue weighted by Crippen LogP contribution is -2.14. The van der Waals surface area contributed by atoms with Crippen molar-refractivity contribution in [3.8, 4) is 11.5 Å². The molecule has 0 aliphatic heterocycles. The monoisotopic (exact) mass is 271 g/mol. The Kier molecular flexibility index (Phi) is 6.30. The normalized spacial score (nSPS) is 12.3. The van der Waals surface area contributed by atoms with Crippen LogP contribution in [0, 0.1) is 0 Å². The molecule has 0 aliphatic carbocycles. The fraction of sp³-hybridized carbons (Fsp3) is 0.571. The van der Waals surface area contributed by atoms with Gasteiger partial charge in [0, 0.05) is 16.7 Å². The first-order valence-corrected chi connectivity index (χ1v) is 6.73. The summed E-state index contributed by atoms with van der Waals surface area (Å²) < 4.78 is 11.3. The maximum absolute atomic E-state index is 6.06. The third-order valence-corrected chi connectivity index (χ3v) is 2.96. The van der Waals surface area contributed by atoms with E-state index in [9.17, 15) is 0 Å². The predicted molar refractivity (Wildman–Crippen MR) is 75.8 cm³/mol. The molecule has 1 unspecified atom stereocenters. The van der Waals surface area contributed by atoms with Gasteiger partial charge in [0.05, 0.1) is 13.2 Å². The average Bonchev–Trinajstić information content (AvgIpc) is 2.32. The van der Waals surface area contributed by atoms with Crippen LogP contribution in [-0.4, -0.2) is 19.8 Å². The van der Waals surface area contributed by atoms with Gasteiger partial charge in [-0.3, -0.25) is 0 Å². The summed E-state index contributed by atoms with van der Waals surface area (Å²) in [6.07, 6.45) is 2.98. The van der Waals surface area contributed by atoms with Crippen LogP contribution in [0.5, 0.6) is 11.5 Å². The minimum absolute atomic E-state index is 0.154. The molecule has 0 fully saturated rings. The molecule has 1 atom stereocenters. The molecular weight excluding hydrogens is 250 g/mol. The van der Waals surface area contributed by atoms with Crippen molar-refractivity contribution in [2.24, 2.45) is 5.73 Å². The minimum atomic E-state index is 0.154. The predicted octanol–water partition coefficient (Wildman–Crippen LogP) is 3.42. The Morgan fingerprint density at radius 2 is 2.11 bits per heavy atom. The molecule has 0 aliphatic rings.